The molecule has 0 radical (unpaired) electrons. The lowest BCUT2D eigenvalue weighted by Gasteiger charge is -2.20. The fourth-order valence-corrected chi connectivity index (χ4v) is 2.40. The quantitative estimate of drug-likeness (QED) is 0.790. The molecule has 1 unspecified atom stereocenters. The normalized spacial score (nSPS) is 14.9. The molecule has 0 spiro atoms. The molecule has 6 nitrogen and oxygen atoms in total. The fourth-order valence-electron chi connectivity index (χ4n) is 2.40. The molecule has 114 valence electrons. The standard InChI is InChI=1S/C16H18N4O2/c1-10(21)9-18-15-12-7-8-17-16(22)13(12)19-14(20-15)11-5-3-2-4-6-11/h2-6,10,21H,7-9H2,1H3,(H,17,22)(H,18,19,20). The summed E-state index contributed by atoms with van der Waals surface area (Å²) in [6, 6.07) is 9.53. The lowest BCUT2D eigenvalue weighted by Crippen LogP contribution is -2.34. The van der Waals surface area contributed by atoms with Gasteiger partial charge in [-0.25, -0.2) is 9.97 Å². The molecule has 0 saturated carbocycles. The van der Waals surface area contributed by atoms with Crippen LogP contribution < -0.4 is 10.6 Å². The summed E-state index contributed by atoms with van der Waals surface area (Å²) in [5, 5.41) is 15.4. The summed E-state index contributed by atoms with van der Waals surface area (Å²) >= 11 is 0. The van der Waals surface area contributed by atoms with Crippen molar-refractivity contribution in [1.29, 1.82) is 0 Å². The highest BCUT2D eigenvalue weighted by Gasteiger charge is 2.24. The van der Waals surface area contributed by atoms with Crippen molar-refractivity contribution in [1.82, 2.24) is 15.3 Å². The van der Waals surface area contributed by atoms with Crippen LogP contribution in [0.25, 0.3) is 11.4 Å². The number of nitrogens with zero attached hydrogens (tertiary/aromatic N) is 2. The van der Waals surface area contributed by atoms with Crippen LogP contribution in [0.1, 0.15) is 23.0 Å². The molecule has 1 aliphatic heterocycles. The number of aliphatic hydroxyl groups excluding tert-OH is 1. The van der Waals surface area contributed by atoms with Gasteiger partial charge in [-0.05, 0) is 13.3 Å². The van der Waals surface area contributed by atoms with Gasteiger partial charge in [0, 0.05) is 24.2 Å². The predicted molar refractivity (Wildman–Crippen MR) is 83.7 cm³/mol. The largest absolute Gasteiger partial charge is 0.392 e. The van der Waals surface area contributed by atoms with Gasteiger partial charge in [-0.2, -0.15) is 0 Å². The average Bonchev–Trinajstić information content (AvgIpc) is 2.54. The van der Waals surface area contributed by atoms with E-state index in [9.17, 15) is 9.90 Å². The first-order valence-electron chi connectivity index (χ1n) is 7.31. The minimum atomic E-state index is -0.497. The number of aromatic nitrogens is 2. The number of anilines is 1. The summed E-state index contributed by atoms with van der Waals surface area (Å²) in [6.45, 7) is 2.65. The van der Waals surface area contributed by atoms with Gasteiger partial charge in [0.15, 0.2) is 5.82 Å². The Bertz CT molecular complexity index is 686. The Kier molecular flexibility index (Phi) is 4.02. The molecule has 6 heteroatoms. The van der Waals surface area contributed by atoms with E-state index >= 15 is 0 Å². The summed E-state index contributed by atoms with van der Waals surface area (Å²) < 4.78 is 0. The van der Waals surface area contributed by atoms with E-state index in [0.717, 1.165) is 11.1 Å². The van der Waals surface area contributed by atoms with Gasteiger partial charge in [0.05, 0.1) is 6.10 Å². The van der Waals surface area contributed by atoms with E-state index in [1.807, 2.05) is 30.3 Å². The maximum Gasteiger partial charge on any atom is 0.270 e. The van der Waals surface area contributed by atoms with Crippen LogP contribution in [0.2, 0.25) is 0 Å². The summed E-state index contributed by atoms with van der Waals surface area (Å²) in [5.74, 6) is 0.949. The molecular formula is C16H18N4O2. The van der Waals surface area contributed by atoms with Gasteiger partial charge >= 0.3 is 0 Å². The Balaban J connectivity index is 2.07. The molecular weight excluding hydrogens is 280 g/mol. The van der Waals surface area contributed by atoms with Crippen molar-refractivity contribution in [3.63, 3.8) is 0 Å². The Morgan fingerprint density at radius 3 is 2.82 bits per heavy atom. The van der Waals surface area contributed by atoms with Gasteiger partial charge in [0.1, 0.15) is 11.5 Å². The highest BCUT2D eigenvalue weighted by atomic mass is 16.3. The van der Waals surface area contributed by atoms with Crippen molar-refractivity contribution in [3.05, 3.63) is 41.6 Å². The molecule has 2 heterocycles. The zero-order valence-corrected chi connectivity index (χ0v) is 12.3. The zero-order chi connectivity index (χ0) is 15.5. The van der Waals surface area contributed by atoms with Gasteiger partial charge in [-0.3, -0.25) is 4.79 Å². The van der Waals surface area contributed by atoms with E-state index in [2.05, 4.69) is 20.6 Å². The van der Waals surface area contributed by atoms with Crippen LogP contribution in [-0.4, -0.2) is 40.2 Å². The third-order valence-corrected chi connectivity index (χ3v) is 3.48. The van der Waals surface area contributed by atoms with Crippen molar-refractivity contribution in [3.8, 4) is 11.4 Å². The molecule has 2 aromatic rings. The molecule has 1 aromatic heterocycles. The smallest absolute Gasteiger partial charge is 0.270 e. The third kappa shape index (κ3) is 2.92. The van der Waals surface area contributed by atoms with Crippen LogP contribution in [0.4, 0.5) is 5.82 Å². The first kappa shape index (κ1) is 14.5. The Morgan fingerprint density at radius 1 is 1.32 bits per heavy atom. The molecule has 1 aliphatic rings. The lowest BCUT2D eigenvalue weighted by molar-refractivity contribution is 0.0940. The monoisotopic (exact) mass is 298 g/mol. The molecule has 0 bridgehead atoms. The highest BCUT2D eigenvalue weighted by Crippen LogP contribution is 2.24. The number of benzene rings is 1. The summed E-state index contributed by atoms with van der Waals surface area (Å²) in [4.78, 5) is 21.1. The second-order valence-corrected chi connectivity index (χ2v) is 5.32. The SMILES string of the molecule is CC(O)CNc1nc(-c2ccccc2)nc2c1CCNC2=O. The minimum Gasteiger partial charge on any atom is -0.392 e. The minimum absolute atomic E-state index is 0.180. The third-order valence-electron chi connectivity index (χ3n) is 3.48. The Hall–Kier alpha value is -2.47. The van der Waals surface area contributed by atoms with Crippen LogP contribution >= 0.6 is 0 Å². The highest BCUT2D eigenvalue weighted by molar-refractivity contribution is 5.96. The molecule has 3 N–H and O–H groups in total. The molecule has 3 rings (SSSR count). The lowest BCUT2D eigenvalue weighted by atomic mass is 10.1. The number of aliphatic hydroxyl groups is 1. The number of amides is 1. The maximum absolute atomic E-state index is 12.1. The molecule has 0 fully saturated rings. The van der Waals surface area contributed by atoms with E-state index in [0.29, 0.717) is 36.8 Å². The molecule has 1 atom stereocenters. The predicted octanol–water partition coefficient (Wildman–Crippen LogP) is 1.22. The van der Waals surface area contributed by atoms with Crippen LogP contribution in [-0.2, 0) is 6.42 Å². The second kappa shape index (κ2) is 6.11. The van der Waals surface area contributed by atoms with Gasteiger partial charge in [0.2, 0.25) is 0 Å². The van der Waals surface area contributed by atoms with Gasteiger partial charge in [0.25, 0.3) is 5.91 Å². The van der Waals surface area contributed by atoms with E-state index in [4.69, 9.17) is 0 Å². The van der Waals surface area contributed by atoms with Crippen molar-refractivity contribution >= 4 is 11.7 Å². The maximum atomic E-state index is 12.1. The van der Waals surface area contributed by atoms with Crippen LogP contribution in [0.5, 0.6) is 0 Å². The number of hydrogen-bond acceptors (Lipinski definition) is 5. The van der Waals surface area contributed by atoms with Crippen LogP contribution in [0.15, 0.2) is 30.3 Å². The van der Waals surface area contributed by atoms with Gasteiger partial charge in [-0.15, -0.1) is 0 Å². The number of nitrogens with one attached hydrogen (secondary N) is 2. The average molecular weight is 298 g/mol. The molecule has 0 saturated heterocycles. The van der Waals surface area contributed by atoms with E-state index in [1.165, 1.54) is 0 Å². The summed E-state index contributed by atoms with van der Waals surface area (Å²) in [6.07, 6.45) is 0.182. The van der Waals surface area contributed by atoms with Gasteiger partial charge < -0.3 is 15.7 Å². The fraction of sp³-hybridized carbons (Fsp3) is 0.312. The van der Waals surface area contributed by atoms with E-state index in [-0.39, 0.29) is 5.91 Å². The number of hydrogen-bond donors (Lipinski definition) is 3. The molecule has 22 heavy (non-hydrogen) atoms. The van der Waals surface area contributed by atoms with Gasteiger partial charge in [-0.1, -0.05) is 30.3 Å². The van der Waals surface area contributed by atoms with E-state index < -0.39 is 6.10 Å². The summed E-state index contributed by atoms with van der Waals surface area (Å²) in [5.41, 5.74) is 2.07. The van der Waals surface area contributed by atoms with Crippen molar-refractivity contribution < 1.29 is 9.90 Å². The molecule has 0 aliphatic carbocycles. The van der Waals surface area contributed by atoms with Crippen LogP contribution in [0.3, 0.4) is 0 Å². The van der Waals surface area contributed by atoms with Crippen molar-refractivity contribution in [2.75, 3.05) is 18.4 Å². The molecule has 1 aromatic carbocycles. The Labute approximate surface area is 128 Å². The first-order valence-corrected chi connectivity index (χ1v) is 7.31. The number of carbonyl (C=O) groups is 1. The zero-order valence-electron chi connectivity index (χ0n) is 12.3. The topological polar surface area (TPSA) is 87.1 Å². The van der Waals surface area contributed by atoms with E-state index in [1.54, 1.807) is 6.92 Å². The number of fused-ring (bicyclic) bond motifs is 1. The number of rotatable bonds is 4. The van der Waals surface area contributed by atoms with Crippen molar-refractivity contribution in [2.45, 2.75) is 19.4 Å². The van der Waals surface area contributed by atoms with Crippen LogP contribution in [0, 0.1) is 0 Å². The Morgan fingerprint density at radius 2 is 2.09 bits per heavy atom. The summed E-state index contributed by atoms with van der Waals surface area (Å²) in [7, 11) is 0. The first-order chi connectivity index (χ1) is 10.6. The second-order valence-electron chi connectivity index (χ2n) is 5.32. The van der Waals surface area contributed by atoms with Crippen molar-refractivity contribution in [2.24, 2.45) is 0 Å². The molecule has 1 amide bonds. The number of carbonyl (C=O) groups excluding carboxylic acids is 1.